The molecular formula is C13H18N2O4S. The number of nitrogens with zero attached hydrogens (tertiary/aromatic N) is 2. The normalized spacial score (nSPS) is 16.1. The van der Waals surface area contributed by atoms with Crippen molar-refractivity contribution in [3.8, 4) is 5.75 Å². The molecule has 7 heteroatoms. The van der Waals surface area contributed by atoms with Crippen molar-refractivity contribution >= 4 is 21.7 Å². The van der Waals surface area contributed by atoms with Crippen LogP contribution in [0.5, 0.6) is 5.75 Å². The number of piperazine rings is 1. The third-order valence-corrected chi connectivity index (χ3v) is 3.65. The van der Waals surface area contributed by atoms with E-state index in [0.29, 0.717) is 18.8 Å². The van der Waals surface area contributed by atoms with Gasteiger partial charge < -0.3 is 14.0 Å². The number of amides is 1. The molecule has 2 rings (SSSR count). The summed E-state index contributed by atoms with van der Waals surface area (Å²) in [5, 5.41) is 0. The molecule has 0 aliphatic carbocycles. The van der Waals surface area contributed by atoms with E-state index in [1.54, 1.807) is 30.0 Å². The second kappa shape index (κ2) is 5.70. The van der Waals surface area contributed by atoms with E-state index >= 15 is 0 Å². The molecule has 1 aromatic rings. The fourth-order valence-corrected chi connectivity index (χ4v) is 2.64. The van der Waals surface area contributed by atoms with Crippen LogP contribution in [0.4, 0.5) is 5.69 Å². The first-order chi connectivity index (χ1) is 9.35. The van der Waals surface area contributed by atoms with Crippen molar-refractivity contribution in [1.29, 1.82) is 0 Å². The molecule has 0 radical (unpaired) electrons. The summed E-state index contributed by atoms with van der Waals surface area (Å²) in [6, 6.07) is 6.96. The number of carbonyl (C=O) groups is 1. The lowest BCUT2D eigenvalue weighted by Crippen LogP contribution is -2.48. The quantitative estimate of drug-likeness (QED) is 0.768. The summed E-state index contributed by atoms with van der Waals surface area (Å²) in [6.45, 7) is 4.36. The van der Waals surface area contributed by atoms with Gasteiger partial charge in [-0.3, -0.25) is 4.79 Å². The predicted molar refractivity (Wildman–Crippen MR) is 76.4 cm³/mol. The van der Waals surface area contributed by atoms with Crippen molar-refractivity contribution in [2.75, 3.05) is 37.3 Å². The van der Waals surface area contributed by atoms with Crippen molar-refractivity contribution in [2.45, 2.75) is 6.92 Å². The molecule has 20 heavy (non-hydrogen) atoms. The molecular weight excluding hydrogens is 280 g/mol. The Balaban J connectivity index is 2.07. The van der Waals surface area contributed by atoms with Crippen LogP contribution in [-0.2, 0) is 14.9 Å². The summed E-state index contributed by atoms with van der Waals surface area (Å²) < 4.78 is 27.1. The van der Waals surface area contributed by atoms with Gasteiger partial charge >= 0.3 is 10.1 Å². The minimum absolute atomic E-state index is 0.0822. The van der Waals surface area contributed by atoms with Crippen molar-refractivity contribution in [3.63, 3.8) is 0 Å². The number of hydrogen-bond acceptors (Lipinski definition) is 5. The number of carbonyl (C=O) groups excluding carboxylic acids is 1. The van der Waals surface area contributed by atoms with Crippen LogP contribution in [-0.4, -0.2) is 51.7 Å². The predicted octanol–water partition coefficient (Wildman–Crippen LogP) is 0.694. The largest absolute Gasteiger partial charge is 0.383 e. The second-order valence-electron chi connectivity index (χ2n) is 4.78. The summed E-state index contributed by atoms with van der Waals surface area (Å²) in [4.78, 5) is 15.2. The molecule has 1 heterocycles. The van der Waals surface area contributed by atoms with Gasteiger partial charge in [0.15, 0.2) is 0 Å². The van der Waals surface area contributed by atoms with Crippen LogP contribution in [0, 0.1) is 0 Å². The molecule has 1 aliphatic rings. The lowest BCUT2D eigenvalue weighted by Gasteiger charge is -2.35. The zero-order valence-corrected chi connectivity index (χ0v) is 12.4. The maximum Gasteiger partial charge on any atom is 0.306 e. The van der Waals surface area contributed by atoms with E-state index in [-0.39, 0.29) is 5.91 Å². The number of hydrogen-bond donors (Lipinski definition) is 0. The standard InChI is InChI=1S/C13H18N2O4S/c1-11(16)14-6-8-15(9-7-14)12-4-3-5-13(10-12)19-20(2,17)18/h3-5,10H,6-9H2,1-2H3. The molecule has 1 aromatic carbocycles. The van der Waals surface area contributed by atoms with Gasteiger partial charge in [-0.25, -0.2) is 0 Å². The summed E-state index contributed by atoms with van der Waals surface area (Å²) in [6.07, 6.45) is 1.02. The van der Waals surface area contributed by atoms with Crippen molar-refractivity contribution < 1.29 is 17.4 Å². The monoisotopic (exact) mass is 298 g/mol. The van der Waals surface area contributed by atoms with E-state index in [4.69, 9.17) is 4.18 Å². The number of benzene rings is 1. The minimum atomic E-state index is -3.52. The van der Waals surface area contributed by atoms with Crippen LogP contribution < -0.4 is 9.08 Å². The third-order valence-electron chi connectivity index (χ3n) is 3.16. The average molecular weight is 298 g/mol. The van der Waals surface area contributed by atoms with E-state index in [0.717, 1.165) is 25.0 Å². The van der Waals surface area contributed by atoms with E-state index in [2.05, 4.69) is 4.90 Å². The van der Waals surface area contributed by atoms with Gasteiger partial charge in [0.2, 0.25) is 5.91 Å². The van der Waals surface area contributed by atoms with Crippen LogP contribution >= 0.6 is 0 Å². The molecule has 110 valence electrons. The third kappa shape index (κ3) is 3.86. The molecule has 1 fully saturated rings. The van der Waals surface area contributed by atoms with Crippen LogP contribution in [0.25, 0.3) is 0 Å². The lowest BCUT2D eigenvalue weighted by atomic mass is 10.2. The first-order valence-electron chi connectivity index (χ1n) is 6.35. The molecule has 6 nitrogen and oxygen atoms in total. The summed E-state index contributed by atoms with van der Waals surface area (Å²) in [5.74, 6) is 0.387. The smallest absolute Gasteiger partial charge is 0.306 e. The van der Waals surface area contributed by atoms with Gasteiger partial charge in [-0.05, 0) is 12.1 Å². The number of rotatable bonds is 3. The van der Waals surface area contributed by atoms with Gasteiger partial charge in [0.25, 0.3) is 0 Å². The summed E-state index contributed by atoms with van der Waals surface area (Å²) >= 11 is 0. The Bertz CT molecular complexity index is 592. The van der Waals surface area contributed by atoms with Gasteiger partial charge in [-0.2, -0.15) is 8.42 Å². The maximum absolute atomic E-state index is 11.3. The second-order valence-corrected chi connectivity index (χ2v) is 6.35. The SMILES string of the molecule is CC(=O)N1CCN(c2cccc(OS(C)(=O)=O)c2)CC1. The molecule has 0 atom stereocenters. The zero-order chi connectivity index (χ0) is 14.8. The Morgan fingerprint density at radius 3 is 2.40 bits per heavy atom. The molecule has 0 aromatic heterocycles. The van der Waals surface area contributed by atoms with Crippen LogP contribution in [0.2, 0.25) is 0 Å². The molecule has 0 bridgehead atoms. The Kier molecular flexibility index (Phi) is 4.17. The van der Waals surface area contributed by atoms with Gasteiger partial charge in [-0.1, -0.05) is 6.07 Å². The Morgan fingerprint density at radius 2 is 1.85 bits per heavy atom. The van der Waals surface area contributed by atoms with E-state index in [1.165, 1.54) is 0 Å². The highest BCUT2D eigenvalue weighted by Crippen LogP contribution is 2.23. The Hall–Kier alpha value is -1.76. The fourth-order valence-electron chi connectivity index (χ4n) is 2.19. The van der Waals surface area contributed by atoms with Crippen LogP contribution in [0.1, 0.15) is 6.92 Å². The highest BCUT2D eigenvalue weighted by molar-refractivity contribution is 7.86. The first kappa shape index (κ1) is 14.6. The lowest BCUT2D eigenvalue weighted by molar-refractivity contribution is -0.129. The van der Waals surface area contributed by atoms with Gasteiger partial charge in [-0.15, -0.1) is 0 Å². The summed E-state index contributed by atoms with van der Waals surface area (Å²) in [7, 11) is -3.52. The Morgan fingerprint density at radius 1 is 1.20 bits per heavy atom. The molecule has 0 spiro atoms. The van der Waals surface area contributed by atoms with E-state index in [9.17, 15) is 13.2 Å². The molecule has 1 aliphatic heterocycles. The molecule has 0 saturated carbocycles. The molecule has 0 unspecified atom stereocenters. The first-order valence-corrected chi connectivity index (χ1v) is 8.17. The van der Waals surface area contributed by atoms with E-state index in [1.807, 2.05) is 6.07 Å². The molecule has 1 saturated heterocycles. The van der Waals surface area contributed by atoms with E-state index < -0.39 is 10.1 Å². The van der Waals surface area contributed by atoms with Crippen molar-refractivity contribution in [3.05, 3.63) is 24.3 Å². The van der Waals surface area contributed by atoms with Crippen LogP contribution in [0.15, 0.2) is 24.3 Å². The topological polar surface area (TPSA) is 66.9 Å². The minimum Gasteiger partial charge on any atom is -0.383 e. The average Bonchev–Trinajstić information content (AvgIpc) is 2.37. The van der Waals surface area contributed by atoms with Gasteiger partial charge in [0, 0.05) is 44.9 Å². The molecule has 0 N–H and O–H groups in total. The van der Waals surface area contributed by atoms with Crippen molar-refractivity contribution in [1.82, 2.24) is 4.90 Å². The van der Waals surface area contributed by atoms with Gasteiger partial charge in [0.1, 0.15) is 5.75 Å². The Labute approximate surface area is 119 Å². The van der Waals surface area contributed by atoms with Gasteiger partial charge in [0.05, 0.1) is 6.26 Å². The van der Waals surface area contributed by atoms with Crippen molar-refractivity contribution in [2.24, 2.45) is 0 Å². The summed E-state index contributed by atoms with van der Waals surface area (Å²) in [5.41, 5.74) is 0.898. The van der Waals surface area contributed by atoms with Crippen LogP contribution in [0.3, 0.4) is 0 Å². The zero-order valence-electron chi connectivity index (χ0n) is 11.6. The highest BCUT2D eigenvalue weighted by atomic mass is 32.2. The highest BCUT2D eigenvalue weighted by Gasteiger charge is 2.19. The number of anilines is 1. The fraction of sp³-hybridized carbons (Fsp3) is 0.462. The maximum atomic E-state index is 11.3. The molecule has 1 amide bonds.